The van der Waals surface area contributed by atoms with Gasteiger partial charge in [-0.3, -0.25) is 4.90 Å². The van der Waals surface area contributed by atoms with Gasteiger partial charge in [-0.25, -0.2) is 0 Å². The third-order valence-corrected chi connectivity index (χ3v) is 5.84. The quantitative estimate of drug-likeness (QED) is 0.211. The average Bonchev–Trinajstić information content (AvgIpc) is 2.60. The largest absolute Gasteiger partial charge is 0.298 e. The molecule has 1 heteroatoms. The Morgan fingerprint density at radius 3 is 1.20 bits per heavy atom. The van der Waals surface area contributed by atoms with E-state index in [0.717, 1.165) is 6.04 Å². The van der Waals surface area contributed by atoms with E-state index in [-0.39, 0.29) is 0 Å². The van der Waals surface area contributed by atoms with Crippen molar-refractivity contribution >= 4 is 0 Å². The van der Waals surface area contributed by atoms with Gasteiger partial charge in [0.2, 0.25) is 0 Å². The van der Waals surface area contributed by atoms with Gasteiger partial charge in [-0.1, -0.05) is 104 Å². The minimum Gasteiger partial charge on any atom is -0.298 e. The summed E-state index contributed by atoms with van der Waals surface area (Å²) in [5, 5.41) is 0. The van der Waals surface area contributed by atoms with E-state index in [1.807, 2.05) is 0 Å². The van der Waals surface area contributed by atoms with Gasteiger partial charge in [-0.05, 0) is 40.2 Å². The molecule has 0 amide bonds. The van der Waals surface area contributed by atoms with Crippen LogP contribution < -0.4 is 0 Å². The molecule has 25 heavy (non-hydrogen) atoms. The van der Waals surface area contributed by atoms with Crippen LogP contribution in [0, 0.1) is 0 Å². The molecule has 0 aromatic carbocycles. The summed E-state index contributed by atoms with van der Waals surface area (Å²) in [6, 6.07) is 1.44. The second-order valence-electron chi connectivity index (χ2n) is 8.54. The third kappa shape index (κ3) is 15.9. The van der Waals surface area contributed by atoms with Gasteiger partial charge in [0, 0.05) is 12.1 Å². The standard InChI is InChI=1S/C24H51N/c1-6-8-9-10-11-12-13-14-15-16-17-18-19-20-21-22-25(23(3)4)24(5)7-2/h23-24H,6-22H2,1-5H3. The molecule has 0 fully saturated rings. The molecule has 0 aromatic heterocycles. The molecule has 0 aromatic rings. The molecule has 0 aliphatic heterocycles. The van der Waals surface area contributed by atoms with Crippen LogP contribution >= 0.6 is 0 Å². The predicted molar refractivity (Wildman–Crippen MR) is 117 cm³/mol. The molecule has 1 atom stereocenters. The first-order valence-electron chi connectivity index (χ1n) is 11.9. The highest BCUT2D eigenvalue weighted by molar-refractivity contribution is 4.69. The minimum absolute atomic E-state index is 0.696. The van der Waals surface area contributed by atoms with Crippen LogP contribution in [-0.2, 0) is 0 Å². The number of rotatable bonds is 19. The molecule has 1 nitrogen and oxygen atoms in total. The van der Waals surface area contributed by atoms with E-state index in [2.05, 4.69) is 39.5 Å². The maximum Gasteiger partial charge on any atom is 0.00670 e. The average molecular weight is 354 g/mol. The summed E-state index contributed by atoms with van der Waals surface area (Å²) in [6.45, 7) is 13.0. The summed E-state index contributed by atoms with van der Waals surface area (Å²) < 4.78 is 0. The lowest BCUT2D eigenvalue weighted by molar-refractivity contribution is 0.156. The molecule has 0 heterocycles. The van der Waals surface area contributed by atoms with Gasteiger partial charge >= 0.3 is 0 Å². The Labute approximate surface area is 161 Å². The zero-order chi connectivity index (χ0) is 18.8. The summed E-state index contributed by atoms with van der Waals surface area (Å²) in [5.74, 6) is 0. The van der Waals surface area contributed by atoms with Gasteiger partial charge in [0.25, 0.3) is 0 Å². The lowest BCUT2D eigenvalue weighted by atomic mass is 10.0. The first-order valence-corrected chi connectivity index (χ1v) is 11.9. The summed E-state index contributed by atoms with van der Waals surface area (Å²) in [4.78, 5) is 2.68. The second kappa shape index (κ2) is 18.7. The molecular weight excluding hydrogens is 302 g/mol. The second-order valence-corrected chi connectivity index (χ2v) is 8.54. The Kier molecular flexibility index (Phi) is 18.7. The highest BCUT2D eigenvalue weighted by Crippen LogP contribution is 2.14. The smallest absolute Gasteiger partial charge is 0.00670 e. The molecule has 0 N–H and O–H groups in total. The van der Waals surface area contributed by atoms with E-state index < -0.39 is 0 Å². The van der Waals surface area contributed by atoms with Crippen LogP contribution in [0.5, 0.6) is 0 Å². The predicted octanol–water partition coefficient (Wildman–Crippen LogP) is 8.37. The molecule has 1 unspecified atom stereocenters. The lowest BCUT2D eigenvalue weighted by Gasteiger charge is -2.32. The summed E-state index contributed by atoms with van der Waals surface area (Å²) in [7, 11) is 0. The van der Waals surface area contributed by atoms with Gasteiger partial charge < -0.3 is 0 Å². The van der Waals surface area contributed by atoms with Crippen molar-refractivity contribution in [2.75, 3.05) is 6.54 Å². The van der Waals surface area contributed by atoms with E-state index >= 15 is 0 Å². The zero-order valence-electron chi connectivity index (χ0n) is 18.6. The lowest BCUT2D eigenvalue weighted by Crippen LogP contribution is -2.39. The van der Waals surface area contributed by atoms with Gasteiger partial charge in [0.05, 0.1) is 0 Å². The minimum atomic E-state index is 0.696. The monoisotopic (exact) mass is 353 g/mol. The normalized spacial score (nSPS) is 13.1. The summed E-state index contributed by atoms with van der Waals surface area (Å²) >= 11 is 0. The SMILES string of the molecule is CCCCCCCCCCCCCCCCCN(C(C)C)C(C)CC. The van der Waals surface area contributed by atoms with Crippen molar-refractivity contribution in [3.05, 3.63) is 0 Å². The molecule has 0 radical (unpaired) electrons. The van der Waals surface area contributed by atoms with Crippen molar-refractivity contribution in [2.45, 2.75) is 149 Å². The highest BCUT2D eigenvalue weighted by atomic mass is 15.2. The summed E-state index contributed by atoms with van der Waals surface area (Å²) in [6.07, 6.45) is 23.1. The molecule has 0 rings (SSSR count). The highest BCUT2D eigenvalue weighted by Gasteiger charge is 2.14. The van der Waals surface area contributed by atoms with Gasteiger partial charge in [0.15, 0.2) is 0 Å². The number of nitrogens with zero attached hydrogens (tertiary/aromatic N) is 1. The van der Waals surface area contributed by atoms with Crippen molar-refractivity contribution in [3.63, 3.8) is 0 Å². The van der Waals surface area contributed by atoms with Crippen molar-refractivity contribution in [1.82, 2.24) is 4.90 Å². The van der Waals surface area contributed by atoms with Gasteiger partial charge in [-0.15, -0.1) is 0 Å². The Balaban J connectivity index is 3.28. The molecular formula is C24H51N. The van der Waals surface area contributed by atoms with E-state index in [1.165, 1.54) is 109 Å². The van der Waals surface area contributed by atoms with Crippen molar-refractivity contribution in [3.8, 4) is 0 Å². The molecule has 152 valence electrons. The van der Waals surface area contributed by atoms with E-state index in [1.54, 1.807) is 0 Å². The molecule has 0 saturated carbocycles. The van der Waals surface area contributed by atoms with Crippen LogP contribution in [-0.4, -0.2) is 23.5 Å². The maximum absolute atomic E-state index is 2.68. The van der Waals surface area contributed by atoms with Crippen LogP contribution in [0.3, 0.4) is 0 Å². The van der Waals surface area contributed by atoms with E-state index in [4.69, 9.17) is 0 Å². The topological polar surface area (TPSA) is 3.24 Å². The molecule has 0 aliphatic carbocycles. The van der Waals surface area contributed by atoms with Crippen LogP contribution in [0.2, 0.25) is 0 Å². The Hall–Kier alpha value is -0.0400. The van der Waals surface area contributed by atoms with Crippen LogP contribution in [0.25, 0.3) is 0 Å². The fourth-order valence-corrected chi connectivity index (χ4v) is 3.89. The fraction of sp³-hybridized carbons (Fsp3) is 1.00. The number of unbranched alkanes of at least 4 members (excludes halogenated alkanes) is 14. The van der Waals surface area contributed by atoms with Crippen molar-refractivity contribution in [1.29, 1.82) is 0 Å². The third-order valence-electron chi connectivity index (χ3n) is 5.84. The first-order chi connectivity index (χ1) is 12.1. The van der Waals surface area contributed by atoms with Crippen LogP contribution in [0.15, 0.2) is 0 Å². The zero-order valence-corrected chi connectivity index (χ0v) is 18.6. The van der Waals surface area contributed by atoms with E-state index in [9.17, 15) is 0 Å². The number of hydrogen-bond acceptors (Lipinski definition) is 1. The van der Waals surface area contributed by atoms with Gasteiger partial charge in [-0.2, -0.15) is 0 Å². The molecule has 0 aliphatic rings. The van der Waals surface area contributed by atoms with Crippen LogP contribution in [0.1, 0.15) is 137 Å². The van der Waals surface area contributed by atoms with E-state index in [0.29, 0.717) is 6.04 Å². The Morgan fingerprint density at radius 1 is 0.520 bits per heavy atom. The molecule has 0 spiro atoms. The summed E-state index contributed by atoms with van der Waals surface area (Å²) in [5.41, 5.74) is 0. The molecule has 0 saturated heterocycles. The maximum atomic E-state index is 2.68. The van der Waals surface area contributed by atoms with Gasteiger partial charge in [0.1, 0.15) is 0 Å². The number of hydrogen-bond donors (Lipinski definition) is 0. The van der Waals surface area contributed by atoms with Crippen molar-refractivity contribution in [2.24, 2.45) is 0 Å². The van der Waals surface area contributed by atoms with Crippen molar-refractivity contribution < 1.29 is 0 Å². The Bertz CT molecular complexity index is 248. The van der Waals surface area contributed by atoms with Crippen LogP contribution in [0.4, 0.5) is 0 Å². The molecule has 0 bridgehead atoms. The fourth-order valence-electron chi connectivity index (χ4n) is 3.89. The Morgan fingerprint density at radius 2 is 0.880 bits per heavy atom. The first kappa shape index (κ1) is 25.0.